The van der Waals surface area contributed by atoms with Gasteiger partial charge in [-0.1, -0.05) is 0 Å². The lowest BCUT2D eigenvalue weighted by atomic mass is 10.1. The Balaban J connectivity index is 1.62. The smallest absolute Gasteiger partial charge is 0.264 e. The summed E-state index contributed by atoms with van der Waals surface area (Å²) in [5.41, 5.74) is 5.57. The van der Waals surface area contributed by atoms with E-state index in [0.29, 0.717) is 51.4 Å². The van der Waals surface area contributed by atoms with Crippen LogP contribution < -0.4 is 15.5 Å². The van der Waals surface area contributed by atoms with Crippen molar-refractivity contribution in [2.75, 3.05) is 55.1 Å². The SMILES string of the molecule is Nc1cc(C(F)F)c(-c2nc(N3CCOCC3)nc(N3C4CCC3COC4)n2)cn1. The highest BCUT2D eigenvalue weighted by atomic mass is 19.3. The maximum Gasteiger partial charge on any atom is 0.264 e. The molecular formula is C19H23F2N7O2. The minimum atomic E-state index is -2.73. The molecule has 0 aliphatic carbocycles. The molecule has 2 bridgehead atoms. The second kappa shape index (κ2) is 7.88. The van der Waals surface area contributed by atoms with Crippen molar-refractivity contribution in [3.63, 3.8) is 0 Å². The summed E-state index contributed by atoms with van der Waals surface area (Å²) in [4.78, 5) is 22.0. The lowest BCUT2D eigenvalue weighted by Crippen LogP contribution is -2.47. The minimum Gasteiger partial charge on any atom is -0.384 e. The molecule has 3 aliphatic heterocycles. The van der Waals surface area contributed by atoms with Gasteiger partial charge in [-0.25, -0.2) is 13.8 Å². The van der Waals surface area contributed by atoms with E-state index < -0.39 is 6.43 Å². The van der Waals surface area contributed by atoms with Gasteiger partial charge >= 0.3 is 0 Å². The first kappa shape index (κ1) is 19.3. The van der Waals surface area contributed by atoms with Gasteiger partial charge in [-0.2, -0.15) is 15.0 Å². The third-order valence-electron chi connectivity index (χ3n) is 5.81. The molecule has 0 spiro atoms. The Morgan fingerprint density at radius 3 is 2.40 bits per heavy atom. The molecule has 3 aliphatic rings. The summed E-state index contributed by atoms with van der Waals surface area (Å²) in [5.74, 6) is 1.16. The van der Waals surface area contributed by atoms with Crippen molar-refractivity contribution in [3.8, 4) is 11.4 Å². The summed E-state index contributed by atoms with van der Waals surface area (Å²) in [6.45, 7) is 3.59. The molecule has 2 unspecified atom stereocenters. The highest BCUT2D eigenvalue weighted by Gasteiger charge is 2.39. The second-order valence-corrected chi connectivity index (χ2v) is 7.69. The standard InChI is InChI=1S/C19H23F2N7O2/c20-16(21)13-7-15(22)23-8-14(13)17-24-18(27-3-5-29-6-4-27)26-19(25-17)28-11-1-2-12(28)10-30-9-11/h7-8,11-12,16H,1-6,9-10H2,(H2,22,23). The average Bonchev–Trinajstić information content (AvgIpc) is 3.02. The molecule has 30 heavy (non-hydrogen) atoms. The molecule has 11 heteroatoms. The van der Waals surface area contributed by atoms with E-state index in [-0.39, 0.29) is 34.9 Å². The van der Waals surface area contributed by atoms with Crippen molar-refractivity contribution < 1.29 is 18.3 Å². The van der Waals surface area contributed by atoms with Crippen LogP contribution in [0.2, 0.25) is 0 Å². The van der Waals surface area contributed by atoms with Gasteiger partial charge in [0.2, 0.25) is 11.9 Å². The first-order chi connectivity index (χ1) is 14.6. The number of pyridine rings is 1. The van der Waals surface area contributed by atoms with Gasteiger partial charge in [-0.05, 0) is 18.9 Å². The van der Waals surface area contributed by atoms with Crippen molar-refractivity contribution in [3.05, 3.63) is 17.8 Å². The molecule has 2 N–H and O–H groups in total. The van der Waals surface area contributed by atoms with Crippen LogP contribution in [0, 0.1) is 0 Å². The van der Waals surface area contributed by atoms with Crippen molar-refractivity contribution >= 4 is 17.7 Å². The van der Waals surface area contributed by atoms with Crippen LogP contribution in [0.15, 0.2) is 12.3 Å². The summed E-state index contributed by atoms with van der Waals surface area (Å²) in [6, 6.07) is 1.53. The Labute approximate surface area is 172 Å². The fourth-order valence-electron chi connectivity index (χ4n) is 4.30. The Bertz CT molecular complexity index is 910. The predicted molar refractivity (Wildman–Crippen MR) is 106 cm³/mol. The number of anilines is 3. The van der Waals surface area contributed by atoms with E-state index in [0.717, 1.165) is 12.8 Å². The van der Waals surface area contributed by atoms with Crippen LogP contribution in [0.3, 0.4) is 0 Å². The summed E-state index contributed by atoms with van der Waals surface area (Å²) in [5, 5.41) is 0. The maximum atomic E-state index is 13.7. The minimum absolute atomic E-state index is 0.0305. The van der Waals surface area contributed by atoms with Crippen molar-refractivity contribution in [2.24, 2.45) is 0 Å². The number of halogens is 2. The number of aromatic nitrogens is 4. The van der Waals surface area contributed by atoms with Gasteiger partial charge in [0.05, 0.1) is 38.5 Å². The van der Waals surface area contributed by atoms with Gasteiger partial charge in [0, 0.05) is 30.4 Å². The molecule has 0 saturated carbocycles. The summed E-state index contributed by atoms with van der Waals surface area (Å²) >= 11 is 0. The number of alkyl halides is 2. The van der Waals surface area contributed by atoms with Crippen LogP contribution in [-0.2, 0) is 9.47 Å². The van der Waals surface area contributed by atoms with Gasteiger partial charge in [0.15, 0.2) is 5.82 Å². The highest BCUT2D eigenvalue weighted by Crippen LogP contribution is 2.35. The first-order valence-electron chi connectivity index (χ1n) is 10.1. The molecule has 0 aromatic carbocycles. The summed E-state index contributed by atoms with van der Waals surface area (Å²) in [6.07, 6.45) is 0.568. The van der Waals surface area contributed by atoms with Gasteiger partial charge in [0.1, 0.15) is 5.82 Å². The van der Waals surface area contributed by atoms with E-state index in [2.05, 4.69) is 19.9 Å². The topological polar surface area (TPSA) is 103 Å². The second-order valence-electron chi connectivity index (χ2n) is 7.69. The molecule has 2 atom stereocenters. The number of nitrogens with zero attached hydrogens (tertiary/aromatic N) is 6. The fourth-order valence-corrected chi connectivity index (χ4v) is 4.30. The maximum absolute atomic E-state index is 13.7. The van der Waals surface area contributed by atoms with Crippen molar-refractivity contribution in [1.82, 2.24) is 19.9 Å². The Morgan fingerprint density at radius 2 is 1.70 bits per heavy atom. The van der Waals surface area contributed by atoms with E-state index in [9.17, 15) is 8.78 Å². The Hall–Kier alpha value is -2.66. The Kier molecular flexibility index (Phi) is 5.07. The monoisotopic (exact) mass is 419 g/mol. The van der Waals surface area contributed by atoms with Crippen LogP contribution in [0.4, 0.5) is 26.5 Å². The van der Waals surface area contributed by atoms with Crippen LogP contribution in [-0.4, -0.2) is 71.5 Å². The van der Waals surface area contributed by atoms with E-state index in [1.807, 2.05) is 4.90 Å². The average molecular weight is 419 g/mol. The van der Waals surface area contributed by atoms with E-state index in [1.165, 1.54) is 12.3 Å². The van der Waals surface area contributed by atoms with Gasteiger partial charge in [-0.15, -0.1) is 0 Å². The quantitative estimate of drug-likeness (QED) is 0.792. The van der Waals surface area contributed by atoms with Crippen LogP contribution in [0.1, 0.15) is 24.8 Å². The number of hydrogen-bond acceptors (Lipinski definition) is 9. The molecule has 0 radical (unpaired) electrons. The molecule has 5 heterocycles. The van der Waals surface area contributed by atoms with Gasteiger partial charge in [0.25, 0.3) is 6.43 Å². The zero-order valence-corrected chi connectivity index (χ0v) is 16.4. The van der Waals surface area contributed by atoms with E-state index in [1.54, 1.807) is 0 Å². The van der Waals surface area contributed by atoms with Crippen LogP contribution in [0.5, 0.6) is 0 Å². The van der Waals surface area contributed by atoms with Gasteiger partial charge < -0.3 is 25.0 Å². The fraction of sp³-hybridized carbons (Fsp3) is 0.579. The number of fused-ring (bicyclic) bond motifs is 2. The molecule has 5 rings (SSSR count). The molecule has 0 amide bonds. The highest BCUT2D eigenvalue weighted by molar-refractivity contribution is 5.64. The molecule has 160 valence electrons. The zero-order chi connectivity index (χ0) is 20.7. The molecule has 3 fully saturated rings. The number of ether oxygens (including phenoxy) is 2. The van der Waals surface area contributed by atoms with Crippen molar-refractivity contribution in [1.29, 1.82) is 0 Å². The third kappa shape index (κ3) is 3.52. The number of nitrogens with two attached hydrogens (primary N) is 1. The predicted octanol–water partition coefficient (Wildman–Crippen LogP) is 1.66. The number of morpholine rings is 2. The van der Waals surface area contributed by atoms with E-state index >= 15 is 0 Å². The van der Waals surface area contributed by atoms with Crippen LogP contribution in [0.25, 0.3) is 11.4 Å². The molecule has 2 aromatic heterocycles. The Morgan fingerprint density at radius 1 is 1.00 bits per heavy atom. The number of rotatable bonds is 4. The summed E-state index contributed by atoms with van der Waals surface area (Å²) in [7, 11) is 0. The first-order valence-corrected chi connectivity index (χ1v) is 10.1. The molecule has 2 aromatic rings. The molecular weight excluding hydrogens is 396 g/mol. The van der Waals surface area contributed by atoms with Crippen molar-refractivity contribution in [2.45, 2.75) is 31.4 Å². The largest absolute Gasteiger partial charge is 0.384 e. The molecule has 3 saturated heterocycles. The molecule has 9 nitrogen and oxygen atoms in total. The van der Waals surface area contributed by atoms with Gasteiger partial charge in [-0.3, -0.25) is 0 Å². The number of nitrogen functional groups attached to an aromatic ring is 1. The zero-order valence-electron chi connectivity index (χ0n) is 16.4. The third-order valence-corrected chi connectivity index (χ3v) is 5.81. The lowest BCUT2D eigenvalue weighted by Gasteiger charge is -2.35. The number of hydrogen-bond donors (Lipinski definition) is 1. The van der Waals surface area contributed by atoms with E-state index in [4.69, 9.17) is 20.2 Å². The lowest BCUT2D eigenvalue weighted by molar-refractivity contribution is 0.0897. The normalized spacial score (nSPS) is 24.0. The summed E-state index contributed by atoms with van der Waals surface area (Å²) < 4.78 is 38.6. The van der Waals surface area contributed by atoms with Crippen LogP contribution >= 0.6 is 0 Å².